The molecule has 0 aliphatic rings. The Hall–Kier alpha value is -1.04. The summed E-state index contributed by atoms with van der Waals surface area (Å²) in [7, 11) is 1.15. The van der Waals surface area contributed by atoms with Gasteiger partial charge in [0, 0.05) is 11.5 Å². The summed E-state index contributed by atoms with van der Waals surface area (Å²) in [5, 5.41) is 0.444. The van der Waals surface area contributed by atoms with Gasteiger partial charge in [-0.2, -0.15) is 0 Å². The maximum absolute atomic E-state index is 12.7. The summed E-state index contributed by atoms with van der Waals surface area (Å²) in [6, 6.07) is 0. The quantitative estimate of drug-likeness (QED) is 0.635. The fourth-order valence-corrected chi connectivity index (χ4v) is 1.89. The van der Waals surface area contributed by atoms with Crippen LogP contribution in [0.2, 0.25) is 0 Å². The lowest BCUT2D eigenvalue weighted by Gasteiger charge is -2.11. The molecule has 0 fully saturated rings. The molecular weight excluding hydrogens is 284 g/mol. The van der Waals surface area contributed by atoms with Crippen molar-refractivity contribution in [1.82, 2.24) is 4.98 Å². The van der Waals surface area contributed by atoms with Gasteiger partial charge in [0.2, 0.25) is 0 Å². The van der Waals surface area contributed by atoms with E-state index in [-0.39, 0.29) is 5.56 Å². The molecule has 0 amide bonds. The molecule has 1 aromatic rings. The molecule has 1 rings (SSSR count). The first-order chi connectivity index (χ1) is 7.52. The van der Waals surface area contributed by atoms with Crippen molar-refractivity contribution >= 4 is 21.9 Å². The van der Waals surface area contributed by atoms with E-state index in [0.717, 1.165) is 7.11 Å². The lowest BCUT2D eigenvalue weighted by Crippen LogP contribution is -2.12. The van der Waals surface area contributed by atoms with Gasteiger partial charge in [0.15, 0.2) is 0 Å². The summed E-state index contributed by atoms with van der Waals surface area (Å²) in [4.78, 5) is 15.0. The summed E-state index contributed by atoms with van der Waals surface area (Å²) in [6.45, 7) is 1.59. The Kier molecular flexibility index (Phi) is 4.35. The maximum Gasteiger partial charge on any atom is 0.340 e. The van der Waals surface area contributed by atoms with Gasteiger partial charge in [-0.05, 0) is 18.1 Å². The Morgan fingerprint density at radius 3 is 2.69 bits per heavy atom. The van der Waals surface area contributed by atoms with Crippen LogP contribution in [0.15, 0.2) is 6.20 Å². The molecule has 1 aromatic heterocycles. The van der Waals surface area contributed by atoms with Crippen LogP contribution in [0.1, 0.15) is 33.6 Å². The van der Waals surface area contributed by atoms with Gasteiger partial charge in [0.1, 0.15) is 5.69 Å². The maximum atomic E-state index is 12.7. The predicted octanol–water partition coefficient (Wildman–Crippen LogP) is 3.01. The lowest BCUT2D eigenvalue weighted by molar-refractivity contribution is 0.0586. The number of carbonyl (C=O) groups excluding carboxylic acids is 1. The summed E-state index contributed by atoms with van der Waals surface area (Å²) in [5.41, 5.74) is 0.474. The minimum atomic E-state index is -2.79. The third-order valence-corrected chi connectivity index (χ3v) is 2.82. The van der Waals surface area contributed by atoms with Crippen LogP contribution in [0.25, 0.3) is 0 Å². The SMILES string of the molecule is COC(=O)c1c(C(F)F)ncc(CBr)c1C. The molecule has 0 aliphatic heterocycles. The number of nitrogens with zero attached hydrogens (tertiary/aromatic N) is 1. The van der Waals surface area contributed by atoms with Crippen molar-refractivity contribution in [1.29, 1.82) is 0 Å². The molecule has 1 heterocycles. The van der Waals surface area contributed by atoms with E-state index >= 15 is 0 Å². The third kappa shape index (κ3) is 2.37. The standard InChI is InChI=1S/C10H10BrF2NO2/c1-5-6(3-11)4-14-8(9(12)13)7(5)10(15)16-2/h4,9H,3H2,1-2H3. The van der Waals surface area contributed by atoms with E-state index in [2.05, 4.69) is 25.7 Å². The number of carbonyl (C=O) groups is 1. The van der Waals surface area contributed by atoms with Crippen molar-refractivity contribution in [2.75, 3.05) is 7.11 Å². The lowest BCUT2D eigenvalue weighted by atomic mass is 10.0. The normalized spacial score (nSPS) is 10.6. The second-order valence-electron chi connectivity index (χ2n) is 3.09. The highest BCUT2D eigenvalue weighted by Crippen LogP contribution is 2.26. The molecule has 0 saturated heterocycles. The van der Waals surface area contributed by atoms with Crippen LogP contribution in [0.3, 0.4) is 0 Å². The Morgan fingerprint density at radius 2 is 2.25 bits per heavy atom. The van der Waals surface area contributed by atoms with E-state index in [0.29, 0.717) is 16.5 Å². The number of alkyl halides is 3. The van der Waals surface area contributed by atoms with E-state index in [1.165, 1.54) is 6.20 Å². The van der Waals surface area contributed by atoms with Gasteiger partial charge in [0.25, 0.3) is 6.43 Å². The number of halogens is 3. The Balaban J connectivity index is 3.42. The highest BCUT2D eigenvalue weighted by Gasteiger charge is 2.24. The Morgan fingerprint density at radius 1 is 1.62 bits per heavy atom. The Bertz CT molecular complexity index is 410. The summed E-state index contributed by atoms with van der Waals surface area (Å²) in [6.07, 6.45) is -1.46. The van der Waals surface area contributed by atoms with E-state index < -0.39 is 18.1 Å². The zero-order valence-corrected chi connectivity index (χ0v) is 10.3. The first-order valence-electron chi connectivity index (χ1n) is 4.43. The van der Waals surface area contributed by atoms with Crippen molar-refractivity contribution < 1.29 is 18.3 Å². The molecule has 16 heavy (non-hydrogen) atoms. The summed E-state index contributed by atoms with van der Waals surface area (Å²) >= 11 is 3.20. The van der Waals surface area contributed by atoms with Crippen molar-refractivity contribution in [3.05, 3.63) is 28.6 Å². The molecule has 0 atom stereocenters. The van der Waals surface area contributed by atoms with Crippen LogP contribution in [-0.2, 0) is 10.1 Å². The van der Waals surface area contributed by atoms with Crippen molar-refractivity contribution in [2.24, 2.45) is 0 Å². The largest absolute Gasteiger partial charge is 0.465 e. The number of methoxy groups -OCH3 is 1. The highest BCUT2D eigenvalue weighted by atomic mass is 79.9. The van der Waals surface area contributed by atoms with E-state index in [9.17, 15) is 13.6 Å². The van der Waals surface area contributed by atoms with Crippen LogP contribution in [0.4, 0.5) is 8.78 Å². The fourth-order valence-electron chi connectivity index (χ4n) is 1.32. The number of hydrogen-bond donors (Lipinski definition) is 0. The molecule has 0 N–H and O–H groups in total. The van der Waals surface area contributed by atoms with Gasteiger partial charge in [0.05, 0.1) is 12.7 Å². The van der Waals surface area contributed by atoms with E-state index in [1.807, 2.05) is 0 Å². The van der Waals surface area contributed by atoms with Crippen molar-refractivity contribution in [3.63, 3.8) is 0 Å². The zero-order chi connectivity index (χ0) is 12.3. The molecule has 0 saturated carbocycles. The first-order valence-corrected chi connectivity index (χ1v) is 5.55. The van der Waals surface area contributed by atoms with Gasteiger partial charge < -0.3 is 4.74 Å². The number of ether oxygens (including phenoxy) is 1. The van der Waals surface area contributed by atoms with Gasteiger partial charge in [-0.25, -0.2) is 13.6 Å². The zero-order valence-electron chi connectivity index (χ0n) is 8.76. The van der Waals surface area contributed by atoms with Gasteiger partial charge in [-0.15, -0.1) is 0 Å². The molecule has 0 unspecified atom stereocenters. The van der Waals surface area contributed by atoms with E-state index in [4.69, 9.17) is 0 Å². The van der Waals surface area contributed by atoms with Gasteiger partial charge >= 0.3 is 5.97 Å². The molecule has 0 aliphatic carbocycles. The number of aromatic nitrogens is 1. The topological polar surface area (TPSA) is 39.2 Å². The molecule has 3 nitrogen and oxygen atoms in total. The second-order valence-corrected chi connectivity index (χ2v) is 3.66. The third-order valence-electron chi connectivity index (χ3n) is 2.21. The van der Waals surface area contributed by atoms with Crippen molar-refractivity contribution in [3.8, 4) is 0 Å². The van der Waals surface area contributed by atoms with Crippen LogP contribution < -0.4 is 0 Å². The first kappa shape index (κ1) is 13.0. The van der Waals surface area contributed by atoms with Crippen LogP contribution in [0, 0.1) is 6.92 Å². The molecule has 0 radical (unpaired) electrons. The number of hydrogen-bond acceptors (Lipinski definition) is 3. The molecule has 6 heteroatoms. The minimum Gasteiger partial charge on any atom is -0.465 e. The smallest absolute Gasteiger partial charge is 0.340 e. The average molecular weight is 294 g/mol. The summed E-state index contributed by atoms with van der Waals surface area (Å²) in [5.74, 6) is -0.789. The molecular formula is C10H10BrF2NO2. The van der Waals surface area contributed by atoms with Crippen molar-refractivity contribution in [2.45, 2.75) is 18.7 Å². The van der Waals surface area contributed by atoms with E-state index in [1.54, 1.807) is 6.92 Å². The summed E-state index contributed by atoms with van der Waals surface area (Å²) < 4.78 is 29.8. The number of pyridine rings is 1. The predicted molar refractivity (Wildman–Crippen MR) is 57.9 cm³/mol. The number of esters is 1. The second kappa shape index (κ2) is 5.34. The Labute approximate surface area is 99.9 Å². The average Bonchev–Trinajstić information content (AvgIpc) is 2.27. The fraction of sp³-hybridized carbons (Fsp3) is 0.400. The highest BCUT2D eigenvalue weighted by molar-refractivity contribution is 9.08. The van der Waals surface area contributed by atoms with Gasteiger partial charge in [-0.1, -0.05) is 15.9 Å². The molecule has 0 bridgehead atoms. The van der Waals surface area contributed by atoms with Crippen LogP contribution in [0.5, 0.6) is 0 Å². The monoisotopic (exact) mass is 293 g/mol. The number of rotatable bonds is 3. The molecule has 88 valence electrons. The molecule has 0 spiro atoms. The van der Waals surface area contributed by atoms with Crippen LogP contribution in [-0.4, -0.2) is 18.1 Å². The van der Waals surface area contributed by atoms with Gasteiger partial charge in [-0.3, -0.25) is 4.98 Å². The molecule has 0 aromatic carbocycles. The van der Waals surface area contributed by atoms with Crippen LogP contribution >= 0.6 is 15.9 Å². The minimum absolute atomic E-state index is 0.144.